The molecular weight excluding hydrogens is 304 g/mol. The summed E-state index contributed by atoms with van der Waals surface area (Å²) in [7, 11) is 0. The lowest BCUT2D eigenvalue weighted by Gasteiger charge is -2.39. The van der Waals surface area contributed by atoms with Gasteiger partial charge in [-0.05, 0) is 43.5 Å². The molecule has 0 unspecified atom stereocenters. The topological polar surface area (TPSA) is 36.4 Å². The summed E-state index contributed by atoms with van der Waals surface area (Å²) in [6.45, 7) is 1.84. The van der Waals surface area contributed by atoms with Crippen LogP contribution in [-0.2, 0) is 13.0 Å². The molecule has 21 heavy (non-hydrogen) atoms. The molecule has 2 aromatic rings. The number of aliphatic hydroxyl groups is 1. The minimum absolute atomic E-state index is 0.154. The first-order chi connectivity index (χ1) is 10.2. The van der Waals surface area contributed by atoms with E-state index < -0.39 is 0 Å². The van der Waals surface area contributed by atoms with Crippen molar-refractivity contribution in [1.82, 2.24) is 9.88 Å². The number of hydrogen-bond donors (Lipinski definition) is 1. The Morgan fingerprint density at radius 1 is 1.33 bits per heavy atom. The second-order valence-corrected chi connectivity index (χ2v) is 6.71. The van der Waals surface area contributed by atoms with Crippen LogP contribution < -0.4 is 0 Å². The number of hydrogen-bond acceptors (Lipinski definition) is 4. The van der Waals surface area contributed by atoms with Gasteiger partial charge >= 0.3 is 0 Å². The Balaban J connectivity index is 1.73. The van der Waals surface area contributed by atoms with Crippen molar-refractivity contribution in [3.63, 3.8) is 0 Å². The zero-order valence-electron chi connectivity index (χ0n) is 11.8. The molecular formula is C16H19ClN2OS. The number of nitrogens with zero attached hydrogens (tertiary/aromatic N) is 2. The normalized spacial score (nSPS) is 23.3. The SMILES string of the molecule is O[C@H]1CCCN(Cc2cscn2)[C@H]1Cc1ccc(Cl)cc1. The molecule has 1 aromatic carbocycles. The lowest BCUT2D eigenvalue weighted by atomic mass is 9.93. The molecule has 112 valence electrons. The molecule has 1 aromatic heterocycles. The van der Waals surface area contributed by atoms with Crippen LogP contribution in [0.25, 0.3) is 0 Å². The summed E-state index contributed by atoms with van der Waals surface area (Å²) in [6, 6.07) is 8.07. The molecule has 2 atom stereocenters. The first-order valence-corrected chi connectivity index (χ1v) is 8.58. The highest BCUT2D eigenvalue weighted by Gasteiger charge is 2.30. The van der Waals surface area contributed by atoms with Gasteiger partial charge in [-0.2, -0.15) is 0 Å². The Labute approximate surface area is 134 Å². The van der Waals surface area contributed by atoms with E-state index in [1.54, 1.807) is 11.3 Å². The molecule has 5 heteroatoms. The fourth-order valence-electron chi connectivity index (χ4n) is 2.95. The van der Waals surface area contributed by atoms with Gasteiger partial charge in [0.15, 0.2) is 0 Å². The number of piperidine rings is 1. The van der Waals surface area contributed by atoms with Crippen LogP contribution in [0, 0.1) is 0 Å². The van der Waals surface area contributed by atoms with E-state index in [0.29, 0.717) is 0 Å². The number of thiazole rings is 1. The molecule has 1 aliphatic rings. The van der Waals surface area contributed by atoms with Crippen molar-refractivity contribution in [2.24, 2.45) is 0 Å². The maximum Gasteiger partial charge on any atom is 0.0795 e. The van der Waals surface area contributed by atoms with Crippen LogP contribution in [0.3, 0.4) is 0 Å². The van der Waals surface area contributed by atoms with Gasteiger partial charge in [-0.1, -0.05) is 23.7 Å². The van der Waals surface area contributed by atoms with Crippen molar-refractivity contribution >= 4 is 22.9 Å². The van der Waals surface area contributed by atoms with Gasteiger partial charge in [-0.25, -0.2) is 4.98 Å². The molecule has 1 aliphatic heterocycles. The largest absolute Gasteiger partial charge is 0.391 e. The average Bonchev–Trinajstić information content (AvgIpc) is 2.98. The van der Waals surface area contributed by atoms with Crippen molar-refractivity contribution in [1.29, 1.82) is 0 Å². The van der Waals surface area contributed by atoms with Crippen LogP contribution >= 0.6 is 22.9 Å². The summed E-state index contributed by atoms with van der Waals surface area (Å²) in [5, 5.41) is 13.2. The molecule has 1 N–H and O–H groups in total. The Hall–Kier alpha value is -0.940. The minimum Gasteiger partial charge on any atom is -0.391 e. The number of aliphatic hydroxyl groups excluding tert-OH is 1. The van der Waals surface area contributed by atoms with Gasteiger partial charge in [0, 0.05) is 23.0 Å². The molecule has 0 radical (unpaired) electrons. The first kappa shape index (κ1) is 15.0. The lowest BCUT2D eigenvalue weighted by Crippen LogP contribution is -2.48. The Bertz CT molecular complexity index is 558. The molecule has 0 aliphatic carbocycles. The van der Waals surface area contributed by atoms with Crippen molar-refractivity contribution < 1.29 is 5.11 Å². The number of aromatic nitrogens is 1. The fourth-order valence-corrected chi connectivity index (χ4v) is 3.63. The molecule has 1 fully saturated rings. The summed E-state index contributed by atoms with van der Waals surface area (Å²) < 4.78 is 0. The molecule has 0 spiro atoms. The number of halogens is 1. The van der Waals surface area contributed by atoms with Gasteiger partial charge in [0.2, 0.25) is 0 Å². The van der Waals surface area contributed by atoms with Crippen LogP contribution in [0.1, 0.15) is 24.1 Å². The van der Waals surface area contributed by atoms with E-state index in [0.717, 1.165) is 43.1 Å². The van der Waals surface area contributed by atoms with E-state index in [2.05, 4.69) is 15.3 Å². The highest BCUT2D eigenvalue weighted by Crippen LogP contribution is 2.24. The summed E-state index contributed by atoms with van der Waals surface area (Å²) in [5.74, 6) is 0. The maximum atomic E-state index is 10.4. The second-order valence-electron chi connectivity index (χ2n) is 5.56. The monoisotopic (exact) mass is 322 g/mol. The van der Waals surface area contributed by atoms with Crippen LogP contribution in [0.2, 0.25) is 5.02 Å². The van der Waals surface area contributed by atoms with Gasteiger partial charge in [0.25, 0.3) is 0 Å². The molecule has 0 amide bonds. The van der Waals surface area contributed by atoms with E-state index in [9.17, 15) is 5.11 Å². The smallest absolute Gasteiger partial charge is 0.0795 e. The third-order valence-electron chi connectivity index (χ3n) is 4.07. The number of rotatable bonds is 4. The second kappa shape index (κ2) is 6.88. The van der Waals surface area contributed by atoms with Crippen molar-refractivity contribution in [2.75, 3.05) is 6.54 Å². The summed E-state index contributed by atoms with van der Waals surface area (Å²) in [6.07, 6.45) is 2.50. The Kier molecular flexibility index (Phi) is 4.91. The number of likely N-dealkylation sites (tertiary alicyclic amines) is 1. The van der Waals surface area contributed by atoms with Crippen LogP contribution in [0.15, 0.2) is 35.2 Å². The summed E-state index contributed by atoms with van der Waals surface area (Å²) in [4.78, 5) is 6.73. The van der Waals surface area contributed by atoms with Crippen molar-refractivity contribution in [3.8, 4) is 0 Å². The standard InChI is InChI=1S/C16H19ClN2OS/c17-13-5-3-12(4-6-13)8-15-16(20)2-1-7-19(15)9-14-10-21-11-18-14/h3-6,10-11,15-16,20H,1-2,7-9H2/t15-,16-/m0/s1. The van der Waals surface area contributed by atoms with E-state index in [-0.39, 0.29) is 12.1 Å². The lowest BCUT2D eigenvalue weighted by molar-refractivity contribution is 0.00623. The fraction of sp³-hybridized carbons (Fsp3) is 0.438. The van der Waals surface area contributed by atoms with Crippen LogP contribution in [0.5, 0.6) is 0 Å². The van der Waals surface area contributed by atoms with Gasteiger partial charge < -0.3 is 5.11 Å². The molecule has 3 nitrogen and oxygen atoms in total. The van der Waals surface area contributed by atoms with E-state index >= 15 is 0 Å². The summed E-state index contributed by atoms with van der Waals surface area (Å²) >= 11 is 7.56. The molecule has 3 rings (SSSR count). The highest BCUT2D eigenvalue weighted by molar-refractivity contribution is 7.07. The first-order valence-electron chi connectivity index (χ1n) is 7.26. The number of benzene rings is 1. The van der Waals surface area contributed by atoms with Crippen LogP contribution in [-0.4, -0.2) is 33.7 Å². The minimum atomic E-state index is -0.270. The highest BCUT2D eigenvalue weighted by atomic mass is 35.5. The van der Waals surface area contributed by atoms with Gasteiger partial charge in [0.1, 0.15) is 0 Å². The van der Waals surface area contributed by atoms with Crippen LogP contribution in [0.4, 0.5) is 0 Å². The van der Waals surface area contributed by atoms with Crippen molar-refractivity contribution in [3.05, 3.63) is 51.4 Å². The Morgan fingerprint density at radius 2 is 2.14 bits per heavy atom. The zero-order valence-corrected chi connectivity index (χ0v) is 13.4. The maximum absolute atomic E-state index is 10.4. The quantitative estimate of drug-likeness (QED) is 0.937. The average molecular weight is 323 g/mol. The Morgan fingerprint density at radius 3 is 2.86 bits per heavy atom. The molecule has 0 saturated carbocycles. The van der Waals surface area contributed by atoms with E-state index in [1.165, 1.54) is 5.56 Å². The molecule has 2 heterocycles. The molecule has 0 bridgehead atoms. The predicted molar refractivity (Wildman–Crippen MR) is 86.7 cm³/mol. The molecule has 1 saturated heterocycles. The third-order valence-corrected chi connectivity index (χ3v) is 4.95. The summed E-state index contributed by atoms with van der Waals surface area (Å²) in [5.41, 5.74) is 4.17. The van der Waals surface area contributed by atoms with Crippen molar-refractivity contribution in [2.45, 2.75) is 38.0 Å². The van der Waals surface area contributed by atoms with Gasteiger partial charge in [-0.3, -0.25) is 4.90 Å². The predicted octanol–water partition coefficient (Wildman–Crippen LogP) is 3.36. The van der Waals surface area contributed by atoms with E-state index in [1.807, 2.05) is 29.8 Å². The zero-order chi connectivity index (χ0) is 14.7. The third kappa shape index (κ3) is 3.83. The van der Waals surface area contributed by atoms with Gasteiger partial charge in [0.05, 0.1) is 17.3 Å². The van der Waals surface area contributed by atoms with E-state index in [4.69, 9.17) is 11.6 Å². The van der Waals surface area contributed by atoms with Gasteiger partial charge in [-0.15, -0.1) is 11.3 Å².